The summed E-state index contributed by atoms with van der Waals surface area (Å²) in [6, 6.07) is 19.3. The smallest absolute Gasteiger partial charge is 0.0500 e. The summed E-state index contributed by atoms with van der Waals surface area (Å²) in [5, 5.41) is 1.37. The lowest BCUT2D eigenvalue weighted by Gasteiger charge is -2.14. The molecule has 1 heterocycles. The molecule has 1 heteroatoms. The Kier molecular flexibility index (Phi) is 2.31. The van der Waals surface area contributed by atoms with Crippen LogP contribution < -0.4 is 0 Å². The topological polar surface area (TPSA) is 15.8 Å². The molecule has 3 aromatic rings. The maximum atomic E-state index is 3.60. The molecule has 0 radical (unpaired) electrons. The number of hydrogen-bond donors (Lipinski definition) is 1. The van der Waals surface area contributed by atoms with Gasteiger partial charge < -0.3 is 4.98 Å². The number of nitrogens with one attached hydrogen (secondary N) is 1. The zero-order valence-corrected chi connectivity index (χ0v) is 10.7. The van der Waals surface area contributed by atoms with Crippen molar-refractivity contribution in [3.05, 3.63) is 77.5 Å². The van der Waals surface area contributed by atoms with Gasteiger partial charge in [0.2, 0.25) is 0 Å². The van der Waals surface area contributed by atoms with Gasteiger partial charge in [-0.25, -0.2) is 0 Å². The molecule has 92 valence electrons. The predicted molar refractivity (Wildman–Crippen MR) is 80.1 cm³/mol. The first-order valence-electron chi connectivity index (χ1n) is 6.79. The van der Waals surface area contributed by atoms with Crippen molar-refractivity contribution in [2.75, 3.05) is 0 Å². The molecule has 1 N–H and O–H groups in total. The van der Waals surface area contributed by atoms with Gasteiger partial charge in [0.1, 0.15) is 0 Å². The van der Waals surface area contributed by atoms with Crippen LogP contribution in [0.4, 0.5) is 0 Å². The fraction of sp³-hybridized carbons (Fsp3) is 0.111. The number of hydrogen-bond acceptors (Lipinski definition) is 0. The average Bonchev–Trinajstić information content (AvgIpc) is 2.87. The van der Waals surface area contributed by atoms with E-state index in [1.807, 2.05) is 0 Å². The number of rotatable bonds is 1. The molecular weight excluding hydrogens is 230 g/mol. The summed E-state index contributed by atoms with van der Waals surface area (Å²) in [6.45, 7) is 0. The third-order valence-corrected chi connectivity index (χ3v) is 3.91. The zero-order valence-electron chi connectivity index (χ0n) is 10.7. The molecule has 0 saturated heterocycles. The van der Waals surface area contributed by atoms with Gasteiger partial charge >= 0.3 is 0 Å². The van der Waals surface area contributed by atoms with Crippen LogP contribution in [-0.2, 0) is 6.42 Å². The molecule has 19 heavy (non-hydrogen) atoms. The molecule has 0 spiro atoms. The van der Waals surface area contributed by atoms with Gasteiger partial charge in [0, 0.05) is 22.2 Å². The van der Waals surface area contributed by atoms with E-state index in [9.17, 15) is 0 Å². The Bertz CT molecular complexity index is 763. The van der Waals surface area contributed by atoms with E-state index in [-0.39, 0.29) is 0 Å². The third-order valence-electron chi connectivity index (χ3n) is 3.91. The molecule has 0 unspecified atom stereocenters. The van der Waals surface area contributed by atoms with Crippen molar-refractivity contribution in [2.45, 2.75) is 12.8 Å². The summed E-state index contributed by atoms with van der Waals surface area (Å²) >= 11 is 0. The lowest BCUT2D eigenvalue weighted by atomic mass is 9.91. The van der Waals surface area contributed by atoms with Gasteiger partial charge in [-0.15, -0.1) is 0 Å². The van der Waals surface area contributed by atoms with Crippen molar-refractivity contribution < 1.29 is 0 Å². The highest BCUT2D eigenvalue weighted by atomic mass is 14.7. The molecule has 0 aliphatic heterocycles. The standard InChI is InChI=1S/C18H15N/c1-2-7-13(8-3-1)14-10-6-11-16-15-9-4-5-12-17(15)19-18(14)16/h1-5,7-10,12,19H,6,11H2. The lowest BCUT2D eigenvalue weighted by molar-refractivity contribution is 0.983. The summed E-state index contributed by atoms with van der Waals surface area (Å²) < 4.78 is 0. The van der Waals surface area contributed by atoms with Gasteiger partial charge in [0.05, 0.1) is 0 Å². The molecule has 2 aromatic carbocycles. The van der Waals surface area contributed by atoms with Gasteiger partial charge in [-0.05, 0) is 30.0 Å². The highest BCUT2D eigenvalue weighted by Crippen LogP contribution is 2.35. The van der Waals surface area contributed by atoms with Crippen molar-refractivity contribution in [2.24, 2.45) is 0 Å². The van der Waals surface area contributed by atoms with Crippen molar-refractivity contribution in [3.63, 3.8) is 0 Å². The predicted octanol–water partition coefficient (Wildman–Crippen LogP) is 4.55. The number of H-pyrrole nitrogens is 1. The number of fused-ring (bicyclic) bond motifs is 3. The quantitative estimate of drug-likeness (QED) is 0.647. The van der Waals surface area contributed by atoms with Crippen LogP contribution in [0.25, 0.3) is 16.5 Å². The normalized spacial score (nSPS) is 14.2. The largest absolute Gasteiger partial charge is 0.354 e. The van der Waals surface area contributed by atoms with E-state index < -0.39 is 0 Å². The summed E-state index contributed by atoms with van der Waals surface area (Å²) in [6.07, 6.45) is 4.61. The van der Waals surface area contributed by atoms with Crippen LogP contribution >= 0.6 is 0 Å². The number of para-hydroxylation sites is 1. The SMILES string of the molecule is C1=C(c2ccccc2)c2[nH]c3ccccc3c2CC1. The molecule has 0 saturated carbocycles. The minimum absolute atomic E-state index is 1.12. The average molecular weight is 245 g/mol. The molecule has 0 atom stereocenters. The highest BCUT2D eigenvalue weighted by Gasteiger charge is 2.18. The Morgan fingerprint density at radius 2 is 1.63 bits per heavy atom. The molecule has 1 aliphatic carbocycles. The molecule has 0 fully saturated rings. The highest BCUT2D eigenvalue weighted by molar-refractivity contribution is 5.93. The van der Waals surface area contributed by atoms with Crippen LogP contribution in [0.1, 0.15) is 23.2 Å². The van der Waals surface area contributed by atoms with Crippen LogP contribution in [0, 0.1) is 0 Å². The van der Waals surface area contributed by atoms with E-state index in [2.05, 4.69) is 65.7 Å². The minimum Gasteiger partial charge on any atom is -0.354 e. The van der Waals surface area contributed by atoms with E-state index in [0.717, 1.165) is 12.8 Å². The van der Waals surface area contributed by atoms with Gasteiger partial charge in [-0.2, -0.15) is 0 Å². The summed E-state index contributed by atoms with van der Waals surface area (Å²) in [7, 11) is 0. The van der Waals surface area contributed by atoms with E-state index in [1.165, 1.54) is 33.3 Å². The fourth-order valence-corrected chi connectivity index (χ4v) is 3.03. The maximum absolute atomic E-state index is 3.60. The first-order valence-corrected chi connectivity index (χ1v) is 6.79. The van der Waals surface area contributed by atoms with Crippen molar-refractivity contribution in [3.8, 4) is 0 Å². The van der Waals surface area contributed by atoms with Crippen molar-refractivity contribution >= 4 is 16.5 Å². The third kappa shape index (κ3) is 1.62. The number of aromatic amines is 1. The van der Waals surface area contributed by atoms with E-state index in [0.29, 0.717) is 0 Å². The monoisotopic (exact) mass is 245 g/mol. The van der Waals surface area contributed by atoms with Gasteiger partial charge in [0.15, 0.2) is 0 Å². The second-order valence-electron chi connectivity index (χ2n) is 5.05. The van der Waals surface area contributed by atoms with Crippen LogP contribution in [0.3, 0.4) is 0 Å². The second-order valence-corrected chi connectivity index (χ2v) is 5.05. The summed E-state index contributed by atoms with van der Waals surface area (Å²) in [5.74, 6) is 0. The number of benzene rings is 2. The zero-order chi connectivity index (χ0) is 12.7. The fourth-order valence-electron chi connectivity index (χ4n) is 3.03. The van der Waals surface area contributed by atoms with Crippen LogP contribution in [0.15, 0.2) is 60.7 Å². The van der Waals surface area contributed by atoms with Gasteiger partial charge in [-0.1, -0.05) is 54.6 Å². The Morgan fingerprint density at radius 1 is 0.842 bits per heavy atom. The van der Waals surface area contributed by atoms with Crippen LogP contribution in [0.2, 0.25) is 0 Å². The maximum Gasteiger partial charge on any atom is 0.0500 e. The van der Waals surface area contributed by atoms with E-state index in [1.54, 1.807) is 0 Å². The summed E-state index contributed by atoms with van der Waals surface area (Å²) in [4.78, 5) is 3.60. The molecule has 1 nitrogen and oxygen atoms in total. The van der Waals surface area contributed by atoms with Crippen molar-refractivity contribution in [1.82, 2.24) is 4.98 Å². The summed E-state index contributed by atoms with van der Waals surface area (Å²) in [5.41, 5.74) is 6.67. The number of allylic oxidation sites excluding steroid dienone is 1. The molecular formula is C18H15N. The molecule has 4 rings (SSSR count). The molecule has 0 amide bonds. The van der Waals surface area contributed by atoms with Gasteiger partial charge in [0.25, 0.3) is 0 Å². The van der Waals surface area contributed by atoms with Crippen LogP contribution in [-0.4, -0.2) is 4.98 Å². The lowest BCUT2D eigenvalue weighted by Crippen LogP contribution is -1.99. The van der Waals surface area contributed by atoms with Gasteiger partial charge in [-0.3, -0.25) is 0 Å². The Morgan fingerprint density at radius 3 is 2.53 bits per heavy atom. The molecule has 1 aliphatic rings. The Hall–Kier alpha value is -2.28. The first-order chi connectivity index (χ1) is 9.43. The second kappa shape index (κ2) is 4.13. The molecule has 0 bridgehead atoms. The van der Waals surface area contributed by atoms with Crippen LogP contribution in [0.5, 0.6) is 0 Å². The Balaban J connectivity index is 1.96. The minimum atomic E-state index is 1.12. The first kappa shape index (κ1) is 10.6. The van der Waals surface area contributed by atoms with E-state index in [4.69, 9.17) is 0 Å². The van der Waals surface area contributed by atoms with E-state index >= 15 is 0 Å². The number of aryl methyl sites for hydroxylation is 1. The number of aromatic nitrogens is 1. The molecule has 1 aromatic heterocycles. The van der Waals surface area contributed by atoms with Crippen molar-refractivity contribution in [1.29, 1.82) is 0 Å². The Labute approximate surface area is 112 Å².